The second-order valence-electron chi connectivity index (χ2n) is 4.90. The van der Waals surface area contributed by atoms with Gasteiger partial charge in [-0.25, -0.2) is 17.2 Å². The molecule has 21 heavy (non-hydrogen) atoms. The van der Waals surface area contributed by atoms with Crippen LogP contribution < -0.4 is 4.74 Å². The van der Waals surface area contributed by atoms with Crippen molar-refractivity contribution in [2.45, 2.75) is 24.2 Å². The van der Waals surface area contributed by atoms with Crippen LogP contribution in [0, 0.1) is 11.6 Å². The molecule has 1 heterocycles. The lowest BCUT2D eigenvalue weighted by molar-refractivity contribution is 0.178. The Morgan fingerprint density at radius 2 is 1.86 bits per heavy atom. The molecule has 118 valence electrons. The van der Waals surface area contributed by atoms with Gasteiger partial charge in [-0.05, 0) is 32.0 Å². The quantitative estimate of drug-likeness (QED) is 0.774. The lowest BCUT2D eigenvalue weighted by Crippen LogP contribution is -2.33. The van der Waals surface area contributed by atoms with Crippen molar-refractivity contribution < 1.29 is 21.9 Å². The molecule has 1 aliphatic heterocycles. The molecule has 0 aromatic heterocycles. The summed E-state index contributed by atoms with van der Waals surface area (Å²) in [6.07, 6.45) is 3.40. The van der Waals surface area contributed by atoms with Gasteiger partial charge in [0.2, 0.25) is 0 Å². The Morgan fingerprint density at radius 3 is 2.48 bits per heavy atom. The van der Waals surface area contributed by atoms with E-state index in [2.05, 4.69) is 4.90 Å². The molecular weight excluding hydrogens is 324 g/mol. The zero-order valence-electron chi connectivity index (χ0n) is 11.3. The third kappa shape index (κ3) is 4.52. The molecule has 1 aliphatic rings. The molecular formula is C13H16ClF2NO3S. The first-order chi connectivity index (χ1) is 9.88. The zero-order chi connectivity index (χ0) is 15.5. The second-order valence-corrected chi connectivity index (χ2v) is 7.44. The smallest absolute Gasteiger partial charge is 0.265 e. The van der Waals surface area contributed by atoms with Gasteiger partial charge in [-0.15, -0.1) is 0 Å². The van der Waals surface area contributed by atoms with Crippen molar-refractivity contribution in [1.29, 1.82) is 0 Å². The van der Waals surface area contributed by atoms with E-state index in [-0.39, 0.29) is 6.61 Å². The van der Waals surface area contributed by atoms with Crippen molar-refractivity contribution in [3.05, 3.63) is 23.8 Å². The van der Waals surface area contributed by atoms with Gasteiger partial charge in [0, 0.05) is 23.3 Å². The highest BCUT2D eigenvalue weighted by Gasteiger charge is 2.23. The SMILES string of the molecule is O=S(=O)(Cl)c1cc(F)cc(F)c1OCCN1CCCCC1. The number of ether oxygens (including phenoxy) is 1. The lowest BCUT2D eigenvalue weighted by atomic mass is 10.1. The van der Waals surface area contributed by atoms with Crippen LogP contribution in [-0.4, -0.2) is 39.6 Å². The van der Waals surface area contributed by atoms with Gasteiger partial charge >= 0.3 is 0 Å². The Hall–Kier alpha value is -0.920. The third-order valence-corrected chi connectivity index (χ3v) is 4.67. The summed E-state index contributed by atoms with van der Waals surface area (Å²) in [4.78, 5) is 1.47. The molecule has 0 unspecified atom stereocenters. The van der Waals surface area contributed by atoms with Gasteiger partial charge in [0.05, 0.1) is 0 Å². The molecule has 0 N–H and O–H groups in total. The molecule has 0 aliphatic carbocycles. The number of nitrogens with zero attached hydrogens (tertiary/aromatic N) is 1. The minimum absolute atomic E-state index is 0.113. The monoisotopic (exact) mass is 339 g/mol. The van der Waals surface area contributed by atoms with Gasteiger partial charge in [0.15, 0.2) is 11.6 Å². The van der Waals surface area contributed by atoms with E-state index in [1.807, 2.05) is 0 Å². The molecule has 4 nitrogen and oxygen atoms in total. The van der Waals surface area contributed by atoms with Crippen molar-refractivity contribution in [1.82, 2.24) is 4.90 Å². The van der Waals surface area contributed by atoms with Crippen LogP contribution in [0.2, 0.25) is 0 Å². The number of piperidine rings is 1. The van der Waals surface area contributed by atoms with E-state index in [4.69, 9.17) is 15.4 Å². The fraction of sp³-hybridized carbons (Fsp3) is 0.538. The highest BCUT2D eigenvalue weighted by Crippen LogP contribution is 2.30. The van der Waals surface area contributed by atoms with Gasteiger partial charge in [0.25, 0.3) is 9.05 Å². The van der Waals surface area contributed by atoms with Crippen LogP contribution >= 0.6 is 10.7 Å². The van der Waals surface area contributed by atoms with E-state index >= 15 is 0 Å². The van der Waals surface area contributed by atoms with E-state index < -0.39 is 31.3 Å². The molecule has 1 aromatic rings. The molecule has 8 heteroatoms. The molecule has 0 spiro atoms. The van der Waals surface area contributed by atoms with E-state index in [1.54, 1.807) is 0 Å². The maximum Gasteiger partial charge on any atom is 0.265 e. The summed E-state index contributed by atoms with van der Waals surface area (Å²) in [6, 6.07) is 1.23. The number of hydrogen-bond donors (Lipinski definition) is 0. The van der Waals surface area contributed by atoms with Gasteiger partial charge in [-0.1, -0.05) is 6.42 Å². The van der Waals surface area contributed by atoms with Crippen LogP contribution in [0.15, 0.2) is 17.0 Å². The third-order valence-electron chi connectivity index (χ3n) is 3.34. The average Bonchev–Trinajstić information content (AvgIpc) is 2.41. The van der Waals surface area contributed by atoms with Crippen LogP contribution in [0.5, 0.6) is 5.75 Å². The Kier molecular flexibility index (Phi) is 5.40. The van der Waals surface area contributed by atoms with Crippen LogP contribution in [-0.2, 0) is 9.05 Å². The molecule has 0 radical (unpaired) electrons. The lowest BCUT2D eigenvalue weighted by Gasteiger charge is -2.26. The van der Waals surface area contributed by atoms with E-state index in [9.17, 15) is 17.2 Å². The highest BCUT2D eigenvalue weighted by atomic mass is 35.7. The number of likely N-dealkylation sites (tertiary alicyclic amines) is 1. The molecule has 2 rings (SSSR count). The Bertz CT molecular complexity index is 604. The Labute approximate surface area is 127 Å². The standard InChI is InChI=1S/C13H16ClF2NO3S/c14-21(18,19)12-9-10(15)8-11(16)13(12)20-7-6-17-4-2-1-3-5-17/h8-9H,1-7H2. The molecule has 1 saturated heterocycles. The first kappa shape index (κ1) is 16.5. The number of hydrogen-bond acceptors (Lipinski definition) is 4. The fourth-order valence-electron chi connectivity index (χ4n) is 2.32. The zero-order valence-corrected chi connectivity index (χ0v) is 12.9. The Morgan fingerprint density at radius 1 is 1.19 bits per heavy atom. The number of benzene rings is 1. The average molecular weight is 340 g/mol. The minimum Gasteiger partial charge on any atom is -0.488 e. The number of rotatable bonds is 5. The summed E-state index contributed by atoms with van der Waals surface area (Å²) in [5, 5.41) is 0. The summed E-state index contributed by atoms with van der Waals surface area (Å²) in [7, 11) is 0.904. The number of halogens is 3. The maximum absolute atomic E-state index is 13.7. The van der Waals surface area contributed by atoms with Crippen molar-refractivity contribution in [3.8, 4) is 5.75 Å². The van der Waals surface area contributed by atoms with Crippen molar-refractivity contribution in [2.75, 3.05) is 26.2 Å². The predicted octanol–water partition coefficient (Wildman–Crippen LogP) is 2.76. The van der Waals surface area contributed by atoms with E-state index in [0.717, 1.165) is 25.9 Å². The summed E-state index contributed by atoms with van der Waals surface area (Å²) in [6.45, 7) is 2.55. The maximum atomic E-state index is 13.7. The first-order valence-electron chi connectivity index (χ1n) is 6.67. The summed E-state index contributed by atoms with van der Waals surface area (Å²) in [5.74, 6) is -2.62. The van der Waals surface area contributed by atoms with Gasteiger partial charge in [-0.3, -0.25) is 4.90 Å². The largest absolute Gasteiger partial charge is 0.488 e. The van der Waals surface area contributed by atoms with Crippen LogP contribution in [0.3, 0.4) is 0 Å². The summed E-state index contributed by atoms with van der Waals surface area (Å²) in [5.41, 5.74) is 0. The normalized spacial score (nSPS) is 16.9. The van der Waals surface area contributed by atoms with Crippen LogP contribution in [0.25, 0.3) is 0 Å². The fourth-order valence-corrected chi connectivity index (χ4v) is 3.29. The van der Waals surface area contributed by atoms with Crippen molar-refractivity contribution in [3.63, 3.8) is 0 Å². The molecule has 1 aromatic carbocycles. The van der Waals surface area contributed by atoms with Crippen LogP contribution in [0.1, 0.15) is 19.3 Å². The second kappa shape index (κ2) is 6.89. The Balaban J connectivity index is 2.08. The van der Waals surface area contributed by atoms with E-state index in [1.165, 1.54) is 6.42 Å². The van der Waals surface area contributed by atoms with Crippen molar-refractivity contribution in [2.24, 2.45) is 0 Å². The molecule has 0 atom stereocenters. The summed E-state index contributed by atoms with van der Waals surface area (Å²) >= 11 is 0. The predicted molar refractivity (Wildman–Crippen MR) is 75.2 cm³/mol. The van der Waals surface area contributed by atoms with Gasteiger partial charge in [-0.2, -0.15) is 0 Å². The minimum atomic E-state index is -4.28. The van der Waals surface area contributed by atoms with E-state index in [0.29, 0.717) is 18.7 Å². The van der Waals surface area contributed by atoms with Gasteiger partial charge in [0.1, 0.15) is 17.3 Å². The summed E-state index contributed by atoms with van der Waals surface area (Å²) < 4.78 is 54.8. The van der Waals surface area contributed by atoms with Crippen molar-refractivity contribution >= 4 is 19.7 Å². The molecule has 0 bridgehead atoms. The van der Waals surface area contributed by atoms with Gasteiger partial charge < -0.3 is 4.74 Å². The van der Waals surface area contributed by atoms with Crippen LogP contribution in [0.4, 0.5) is 8.78 Å². The topological polar surface area (TPSA) is 46.6 Å². The molecule has 1 fully saturated rings. The molecule has 0 saturated carbocycles. The highest BCUT2D eigenvalue weighted by molar-refractivity contribution is 8.13. The molecule has 0 amide bonds. The first-order valence-corrected chi connectivity index (χ1v) is 8.98.